The van der Waals surface area contributed by atoms with E-state index in [0.29, 0.717) is 18.1 Å². The average molecular weight is 208 g/mol. The van der Waals surface area contributed by atoms with Gasteiger partial charge in [0.05, 0.1) is 18.6 Å². The third-order valence-electron chi connectivity index (χ3n) is 1.87. The zero-order valence-electron chi connectivity index (χ0n) is 9.24. The van der Waals surface area contributed by atoms with Gasteiger partial charge in [-0.05, 0) is 0 Å². The molecule has 1 rings (SSSR count). The van der Waals surface area contributed by atoms with Gasteiger partial charge < -0.3 is 10.5 Å². The van der Waals surface area contributed by atoms with Crippen molar-refractivity contribution >= 4 is 5.84 Å². The summed E-state index contributed by atoms with van der Waals surface area (Å²) in [5, 5.41) is 7.21. The molecule has 1 aromatic heterocycles. The Morgan fingerprint density at radius 3 is 2.67 bits per heavy atom. The molecule has 82 valence electrons. The van der Waals surface area contributed by atoms with Gasteiger partial charge in [-0.3, -0.25) is 5.41 Å². The summed E-state index contributed by atoms with van der Waals surface area (Å²) in [7, 11) is 1.56. The standard InChI is InChI=1S/C10H16N4O/c1-6(2)10-13-7(4-8(11)12)5-9(14-10)15-3/h5-6H,4H2,1-3H3,(H3,11,12). The van der Waals surface area contributed by atoms with Crippen molar-refractivity contribution in [2.24, 2.45) is 5.73 Å². The lowest BCUT2D eigenvalue weighted by atomic mass is 10.2. The highest BCUT2D eigenvalue weighted by atomic mass is 16.5. The van der Waals surface area contributed by atoms with Gasteiger partial charge in [0.1, 0.15) is 5.82 Å². The minimum Gasteiger partial charge on any atom is -0.481 e. The van der Waals surface area contributed by atoms with Crippen LogP contribution in [-0.2, 0) is 6.42 Å². The van der Waals surface area contributed by atoms with Crippen LogP contribution >= 0.6 is 0 Å². The Balaban J connectivity index is 3.05. The number of aromatic nitrogens is 2. The molecule has 0 aliphatic carbocycles. The first kappa shape index (κ1) is 11.4. The molecule has 0 amide bonds. The van der Waals surface area contributed by atoms with Crippen LogP contribution in [0, 0.1) is 5.41 Å². The van der Waals surface area contributed by atoms with E-state index in [0.717, 1.165) is 5.69 Å². The molecule has 0 spiro atoms. The van der Waals surface area contributed by atoms with Crippen LogP contribution in [0.15, 0.2) is 6.07 Å². The molecular weight excluding hydrogens is 192 g/mol. The summed E-state index contributed by atoms with van der Waals surface area (Å²) in [6, 6.07) is 1.70. The number of nitrogens with one attached hydrogen (secondary N) is 1. The summed E-state index contributed by atoms with van der Waals surface area (Å²) in [6.45, 7) is 4.01. The Morgan fingerprint density at radius 2 is 2.20 bits per heavy atom. The van der Waals surface area contributed by atoms with Gasteiger partial charge >= 0.3 is 0 Å². The molecule has 1 aromatic rings. The maximum atomic E-state index is 7.21. The van der Waals surface area contributed by atoms with Gasteiger partial charge in [0.2, 0.25) is 5.88 Å². The monoisotopic (exact) mass is 208 g/mol. The number of methoxy groups -OCH3 is 1. The van der Waals surface area contributed by atoms with Crippen molar-refractivity contribution in [3.05, 3.63) is 17.6 Å². The lowest BCUT2D eigenvalue weighted by molar-refractivity contribution is 0.393. The number of hydrogen-bond acceptors (Lipinski definition) is 4. The summed E-state index contributed by atoms with van der Waals surface area (Å²) in [5.41, 5.74) is 6.04. The molecule has 0 bridgehead atoms. The van der Waals surface area contributed by atoms with Crippen LogP contribution in [0.4, 0.5) is 0 Å². The maximum absolute atomic E-state index is 7.21. The maximum Gasteiger partial charge on any atom is 0.216 e. The van der Waals surface area contributed by atoms with E-state index in [4.69, 9.17) is 15.9 Å². The first-order valence-corrected chi connectivity index (χ1v) is 4.77. The van der Waals surface area contributed by atoms with Gasteiger partial charge in [0.15, 0.2) is 0 Å². The van der Waals surface area contributed by atoms with E-state index in [1.54, 1.807) is 13.2 Å². The second-order valence-electron chi connectivity index (χ2n) is 3.62. The smallest absolute Gasteiger partial charge is 0.216 e. The first-order valence-electron chi connectivity index (χ1n) is 4.77. The normalized spacial score (nSPS) is 10.4. The average Bonchev–Trinajstić information content (AvgIpc) is 2.16. The SMILES string of the molecule is COc1cc(CC(=N)N)nc(C(C)C)n1. The molecule has 0 fully saturated rings. The Labute approximate surface area is 89.2 Å². The molecule has 0 unspecified atom stereocenters. The Morgan fingerprint density at radius 1 is 1.53 bits per heavy atom. The lowest BCUT2D eigenvalue weighted by Crippen LogP contribution is -2.15. The quantitative estimate of drug-likeness (QED) is 0.573. The number of amidine groups is 1. The van der Waals surface area contributed by atoms with Crippen molar-refractivity contribution in [3.8, 4) is 5.88 Å². The number of nitrogens with zero attached hydrogens (tertiary/aromatic N) is 2. The predicted octanol–water partition coefficient (Wildman–Crippen LogP) is 1.09. The molecule has 0 aliphatic rings. The third kappa shape index (κ3) is 3.19. The lowest BCUT2D eigenvalue weighted by Gasteiger charge is -2.08. The van der Waals surface area contributed by atoms with E-state index in [2.05, 4.69) is 9.97 Å². The van der Waals surface area contributed by atoms with Crippen LogP contribution in [0.25, 0.3) is 0 Å². The zero-order valence-corrected chi connectivity index (χ0v) is 9.24. The van der Waals surface area contributed by atoms with Crippen LogP contribution in [0.5, 0.6) is 5.88 Å². The fraction of sp³-hybridized carbons (Fsp3) is 0.500. The van der Waals surface area contributed by atoms with Crippen LogP contribution in [-0.4, -0.2) is 22.9 Å². The van der Waals surface area contributed by atoms with Gasteiger partial charge in [-0.2, -0.15) is 4.98 Å². The molecule has 5 heteroatoms. The van der Waals surface area contributed by atoms with Gasteiger partial charge in [0.25, 0.3) is 0 Å². The van der Waals surface area contributed by atoms with E-state index in [1.165, 1.54) is 0 Å². The molecule has 5 nitrogen and oxygen atoms in total. The van der Waals surface area contributed by atoms with Crippen LogP contribution < -0.4 is 10.5 Å². The topological polar surface area (TPSA) is 84.9 Å². The van der Waals surface area contributed by atoms with Crippen molar-refractivity contribution in [3.63, 3.8) is 0 Å². The summed E-state index contributed by atoms with van der Waals surface area (Å²) in [4.78, 5) is 8.52. The Kier molecular flexibility index (Phi) is 3.60. The van der Waals surface area contributed by atoms with Gasteiger partial charge in [-0.15, -0.1) is 0 Å². The minimum atomic E-state index is 0.0884. The second-order valence-corrected chi connectivity index (χ2v) is 3.62. The number of ether oxygens (including phenoxy) is 1. The predicted molar refractivity (Wildman–Crippen MR) is 58.3 cm³/mol. The number of nitrogens with two attached hydrogens (primary N) is 1. The summed E-state index contributed by atoms with van der Waals surface area (Å²) in [5.74, 6) is 1.55. The molecule has 0 aliphatic heterocycles. The van der Waals surface area contributed by atoms with Gasteiger partial charge in [-0.1, -0.05) is 13.8 Å². The highest BCUT2D eigenvalue weighted by molar-refractivity contribution is 5.79. The summed E-state index contributed by atoms with van der Waals surface area (Å²) >= 11 is 0. The van der Waals surface area contributed by atoms with Crippen LogP contribution in [0.2, 0.25) is 0 Å². The van der Waals surface area contributed by atoms with Crippen molar-refractivity contribution in [1.82, 2.24) is 9.97 Å². The van der Waals surface area contributed by atoms with E-state index in [1.807, 2.05) is 13.8 Å². The van der Waals surface area contributed by atoms with E-state index < -0.39 is 0 Å². The van der Waals surface area contributed by atoms with Crippen molar-refractivity contribution in [2.45, 2.75) is 26.2 Å². The summed E-state index contributed by atoms with van der Waals surface area (Å²) < 4.78 is 5.06. The molecular formula is C10H16N4O. The molecule has 0 aromatic carbocycles. The first-order chi connectivity index (χ1) is 7.02. The molecule has 3 N–H and O–H groups in total. The number of rotatable bonds is 4. The summed E-state index contributed by atoms with van der Waals surface area (Å²) in [6.07, 6.45) is 0.332. The second kappa shape index (κ2) is 4.72. The van der Waals surface area contributed by atoms with Crippen molar-refractivity contribution in [2.75, 3.05) is 7.11 Å². The zero-order chi connectivity index (χ0) is 11.4. The van der Waals surface area contributed by atoms with Gasteiger partial charge in [-0.25, -0.2) is 4.98 Å². The Bertz CT molecular complexity index is 362. The largest absolute Gasteiger partial charge is 0.481 e. The highest BCUT2D eigenvalue weighted by Crippen LogP contribution is 2.15. The molecule has 0 atom stereocenters. The van der Waals surface area contributed by atoms with E-state index >= 15 is 0 Å². The van der Waals surface area contributed by atoms with E-state index in [-0.39, 0.29) is 11.8 Å². The molecule has 15 heavy (non-hydrogen) atoms. The number of hydrogen-bond donors (Lipinski definition) is 2. The Hall–Kier alpha value is -1.65. The molecule has 0 saturated heterocycles. The fourth-order valence-electron chi connectivity index (χ4n) is 1.14. The van der Waals surface area contributed by atoms with Crippen LogP contribution in [0.1, 0.15) is 31.3 Å². The fourth-order valence-corrected chi connectivity index (χ4v) is 1.14. The molecule has 1 heterocycles. The van der Waals surface area contributed by atoms with Crippen molar-refractivity contribution in [1.29, 1.82) is 5.41 Å². The minimum absolute atomic E-state index is 0.0884. The highest BCUT2D eigenvalue weighted by Gasteiger charge is 2.08. The van der Waals surface area contributed by atoms with Crippen molar-refractivity contribution < 1.29 is 4.74 Å². The van der Waals surface area contributed by atoms with E-state index in [9.17, 15) is 0 Å². The van der Waals surface area contributed by atoms with Crippen LogP contribution in [0.3, 0.4) is 0 Å². The third-order valence-corrected chi connectivity index (χ3v) is 1.87. The van der Waals surface area contributed by atoms with Gasteiger partial charge in [0, 0.05) is 18.4 Å². The molecule has 0 radical (unpaired) electrons. The molecule has 0 saturated carbocycles.